The third-order valence-corrected chi connectivity index (χ3v) is 3.72. The fourth-order valence-corrected chi connectivity index (χ4v) is 2.61. The maximum atomic E-state index is 12.4. The number of carbonyl (C=O) groups is 1. The molecule has 100 valence electrons. The van der Waals surface area contributed by atoms with Crippen LogP contribution in [-0.2, 0) is 9.09 Å². The van der Waals surface area contributed by atoms with Gasteiger partial charge in [-0.25, -0.2) is 0 Å². The van der Waals surface area contributed by atoms with E-state index in [4.69, 9.17) is 9.42 Å². The average Bonchev–Trinajstić information content (AvgIpc) is 2.36. The Morgan fingerprint density at radius 3 is 2.17 bits per heavy atom. The lowest BCUT2D eigenvalue weighted by molar-refractivity contribution is 0.0395. The van der Waals surface area contributed by atoms with E-state index in [0.29, 0.717) is 18.4 Å². The van der Waals surface area contributed by atoms with Crippen LogP contribution in [0.25, 0.3) is 0 Å². The van der Waals surface area contributed by atoms with Crippen molar-refractivity contribution in [3.8, 4) is 0 Å². The zero-order chi connectivity index (χ0) is 13.8. The van der Waals surface area contributed by atoms with E-state index in [1.165, 1.54) is 0 Å². The van der Waals surface area contributed by atoms with E-state index in [1.807, 2.05) is 19.1 Å². The van der Waals surface area contributed by atoms with Crippen molar-refractivity contribution in [3.05, 3.63) is 35.4 Å². The topological polar surface area (TPSA) is 63.6 Å². The molecular weight excluding hydrogens is 251 g/mol. The highest BCUT2D eigenvalue weighted by atomic mass is 31.1. The molecule has 0 amide bonds. The maximum absolute atomic E-state index is 12.4. The zero-order valence-electron chi connectivity index (χ0n) is 10.9. The molecule has 0 bridgehead atoms. The Labute approximate surface area is 108 Å². The summed E-state index contributed by atoms with van der Waals surface area (Å²) in [5, 5.41) is 0. The predicted molar refractivity (Wildman–Crippen MR) is 71.1 cm³/mol. The summed E-state index contributed by atoms with van der Waals surface area (Å²) in [5.41, 5.74) is 0.370. The van der Waals surface area contributed by atoms with Gasteiger partial charge in [0.05, 0.1) is 0 Å². The fraction of sp³-hybridized carbons (Fsp3) is 0.462. The van der Waals surface area contributed by atoms with E-state index in [1.54, 1.807) is 26.0 Å². The average molecular weight is 270 g/mol. The Kier molecular flexibility index (Phi) is 5.27. The molecule has 5 heteroatoms. The zero-order valence-corrected chi connectivity index (χ0v) is 11.9. The standard InChI is InChI=1S/C13H19O4P/c1-4-13(5-2,17-18(15)16)12(14)11-8-6-10(3)7-9-11/h6-9,18H,4-5H2,1-3H3,(H,15,16). The van der Waals surface area contributed by atoms with Gasteiger partial charge in [0.1, 0.15) is 5.60 Å². The summed E-state index contributed by atoms with van der Waals surface area (Å²) in [7, 11) is -3.15. The first-order valence-corrected chi connectivity index (χ1v) is 7.25. The fourth-order valence-electron chi connectivity index (χ4n) is 1.90. The van der Waals surface area contributed by atoms with Crippen molar-refractivity contribution in [2.75, 3.05) is 0 Å². The number of ketones is 1. The van der Waals surface area contributed by atoms with Gasteiger partial charge in [0, 0.05) is 5.56 Å². The van der Waals surface area contributed by atoms with Crippen LogP contribution in [-0.4, -0.2) is 16.3 Å². The van der Waals surface area contributed by atoms with Crippen LogP contribution in [0.15, 0.2) is 24.3 Å². The highest BCUT2D eigenvalue weighted by Gasteiger charge is 2.38. The molecule has 0 aliphatic heterocycles. The maximum Gasteiger partial charge on any atom is 0.317 e. The number of rotatable bonds is 6. The summed E-state index contributed by atoms with van der Waals surface area (Å²) in [4.78, 5) is 21.4. The second-order valence-electron chi connectivity index (χ2n) is 4.26. The van der Waals surface area contributed by atoms with Gasteiger partial charge in [-0.05, 0) is 19.8 Å². The van der Waals surface area contributed by atoms with E-state index in [2.05, 4.69) is 0 Å². The second kappa shape index (κ2) is 6.28. The van der Waals surface area contributed by atoms with Gasteiger partial charge in [0.2, 0.25) is 0 Å². The van der Waals surface area contributed by atoms with Gasteiger partial charge < -0.3 is 4.89 Å². The van der Waals surface area contributed by atoms with Crippen LogP contribution in [0.1, 0.15) is 42.6 Å². The lowest BCUT2D eigenvalue weighted by Gasteiger charge is -2.28. The van der Waals surface area contributed by atoms with Crippen molar-refractivity contribution >= 4 is 14.0 Å². The summed E-state index contributed by atoms with van der Waals surface area (Å²) < 4.78 is 16.0. The summed E-state index contributed by atoms with van der Waals surface area (Å²) in [6.45, 7) is 5.49. The van der Waals surface area contributed by atoms with Crippen LogP contribution in [0, 0.1) is 6.92 Å². The van der Waals surface area contributed by atoms with Crippen molar-refractivity contribution in [2.45, 2.75) is 39.2 Å². The molecule has 1 rings (SSSR count). The summed E-state index contributed by atoms with van der Waals surface area (Å²) in [6.07, 6.45) is 0.736. The SMILES string of the molecule is CCC(CC)(O[PH](=O)O)C(=O)c1ccc(C)cc1. The molecule has 0 saturated heterocycles. The molecule has 18 heavy (non-hydrogen) atoms. The van der Waals surface area contributed by atoms with Gasteiger partial charge in [-0.2, -0.15) is 0 Å². The number of aryl methyl sites for hydroxylation is 1. The minimum Gasteiger partial charge on any atom is -0.326 e. The van der Waals surface area contributed by atoms with E-state index in [9.17, 15) is 9.36 Å². The Balaban J connectivity index is 3.09. The Morgan fingerprint density at radius 2 is 1.78 bits per heavy atom. The van der Waals surface area contributed by atoms with E-state index < -0.39 is 13.9 Å². The van der Waals surface area contributed by atoms with Crippen LogP contribution in [0.2, 0.25) is 0 Å². The van der Waals surface area contributed by atoms with Crippen LogP contribution < -0.4 is 0 Å². The Morgan fingerprint density at radius 1 is 1.28 bits per heavy atom. The van der Waals surface area contributed by atoms with Crippen LogP contribution in [0.3, 0.4) is 0 Å². The quantitative estimate of drug-likeness (QED) is 0.637. The van der Waals surface area contributed by atoms with Crippen molar-refractivity contribution in [1.82, 2.24) is 0 Å². The van der Waals surface area contributed by atoms with Gasteiger partial charge in [-0.1, -0.05) is 43.7 Å². The molecule has 0 saturated carbocycles. The molecule has 1 N–H and O–H groups in total. The van der Waals surface area contributed by atoms with E-state index in [0.717, 1.165) is 5.56 Å². The Hall–Kier alpha value is -0.960. The highest BCUT2D eigenvalue weighted by molar-refractivity contribution is 7.32. The van der Waals surface area contributed by atoms with Gasteiger partial charge in [0.15, 0.2) is 5.78 Å². The lowest BCUT2D eigenvalue weighted by atomic mass is 9.88. The largest absolute Gasteiger partial charge is 0.326 e. The number of hydrogen-bond donors (Lipinski definition) is 1. The van der Waals surface area contributed by atoms with Gasteiger partial charge in [-0.15, -0.1) is 0 Å². The molecule has 0 radical (unpaired) electrons. The molecule has 1 atom stereocenters. The Bertz CT molecular complexity index is 435. The summed E-state index contributed by atoms with van der Waals surface area (Å²) in [6, 6.07) is 7.11. The molecule has 1 unspecified atom stereocenters. The van der Waals surface area contributed by atoms with E-state index >= 15 is 0 Å². The molecule has 0 fully saturated rings. The highest BCUT2D eigenvalue weighted by Crippen LogP contribution is 2.34. The molecule has 4 nitrogen and oxygen atoms in total. The first kappa shape index (κ1) is 15.1. The van der Waals surface area contributed by atoms with Gasteiger partial charge in [0.25, 0.3) is 0 Å². The van der Waals surface area contributed by atoms with Gasteiger partial charge in [-0.3, -0.25) is 13.9 Å². The lowest BCUT2D eigenvalue weighted by Crippen LogP contribution is -2.38. The van der Waals surface area contributed by atoms with Crippen LogP contribution in [0.5, 0.6) is 0 Å². The summed E-state index contributed by atoms with van der Waals surface area (Å²) in [5.74, 6) is -0.236. The summed E-state index contributed by atoms with van der Waals surface area (Å²) >= 11 is 0. The van der Waals surface area contributed by atoms with Crippen molar-refractivity contribution in [1.29, 1.82) is 0 Å². The molecular formula is C13H19O4P. The second-order valence-corrected chi connectivity index (χ2v) is 5.00. The molecule has 1 aromatic rings. The number of benzene rings is 1. The molecule has 0 spiro atoms. The van der Waals surface area contributed by atoms with Crippen molar-refractivity contribution in [2.24, 2.45) is 0 Å². The molecule has 0 heterocycles. The molecule has 0 aromatic heterocycles. The van der Waals surface area contributed by atoms with E-state index in [-0.39, 0.29) is 5.78 Å². The first-order valence-electron chi connectivity index (χ1n) is 5.98. The van der Waals surface area contributed by atoms with Crippen molar-refractivity contribution < 1.29 is 18.8 Å². The molecule has 1 aromatic carbocycles. The third kappa shape index (κ3) is 3.29. The number of Topliss-reactive ketones (excluding diaryl/α,β-unsaturated/α-hetero) is 1. The molecule has 0 aliphatic rings. The van der Waals surface area contributed by atoms with Crippen molar-refractivity contribution in [3.63, 3.8) is 0 Å². The smallest absolute Gasteiger partial charge is 0.317 e. The van der Waals surface area contributed by atoms with Crippen LogP contribution in [0.4, 0.5) is 0 Å². The first-order chi connectivity index (χ1) is 8.45. The minimum absolute atomic E-state index is 0.236. The number of hydrogen-bond acceptors (Lipinski definition) is 3. The minimum atomic E-state index is -3.15. The third-order valence-electron chi connectivity index (χ3n) is 3.15. The predicted octanol–water partition coefficient (Wildman–Crippen LogP) is 3.14. The normalized spacial score (nSPS) is 13.3. The van der Waals surface area contributed by atoms with Gasteiger partial charge >= 0.3 is 8.25 Å². The monoisotopic (exact) mass is 270 g/mol. The van der Waals surface area contributed by atoms with Crippen LogP contribution >= 0.6 is 8.25 Å². The molecule has 0 aliphatic carbocycles. The number of carbonyl (C=O) groups excluding carboxylic acids is 1.